The van der Waals surface area contributed by atoms with Crippen LogP contribution >= 0.6 is 22.7 Å². The number of hydrogen-bond acceptors (Lipinski definition) is 5. The number of morpholine rings is 1. The van der Waals surface area contributed by atoms with Crippen LogP contribution in [0.2, 0.25) is 0 Å². The summed E-state index contributed by atoms with van der Waals surface area (Å²) < 4.78 is 5.44. The van der Waals surface area contributed by atoms with E-state index >= 15 is 0 Å². The summed E-state index contributed by atoms with van der Waals surface area (Å²) >= 11 is 3.54. The zero-order chi connectivity index (χ0) is 18.4. The van der Waals surface area contributed by atoms with Crippen LogP contribution in [0.25, 0.3) is 20.7 Å². The minimum Gasteiger partial charge on any atom is -0.378 e. The summed E-state index contributed by atoms with van der Waals surface area (Å²) in [6.07, 6.45) is 4.73. The second-order valence-corrected chi connectivity index (χ2v) is 9.25. The number of ether oxygens (including phenoxy) is 1. The Morgan fingerprint density at radius 3 is 2.81 bits per heavy atom. The third kappa shape index (κ3) is 2.91. The topological polar surface area (TPSA) is 42.4 Å². The Balaban J connectivity index is 1.78. The van der Waals surface area contributed by atoms with Gasteiger partial charge in [-0.1, -0.05) is 6.07 Å². The molecule has 2 aliphatic rings. The molecule has 6 heteroatoms. The molecule has 5 rings (SSSR count). The quantitative estimate of drug-likeness (QED) is 0.629. The Morgan fingerprint density at radius 1 is 1.22 bits per heavy atom. The van der Waals surface area contributed by atoms with E-state index in [1.54, 1.807) is 11.3 Å². The molecule has 0 aromatic carbocycles. The first-order chi connectivity index (χ1) is 13.2. The van der Waals surface area contributed by atoms with Gasteiger partial charge in [-0.2, -0.15) is 0 Å². The van der Waals surface area contributed by atoms with Gasteiger partial charge in [0.1, 0.15) is 4.83 Å². The maximum atomic E-state index is 13.5. The van der Waals surface area contributed by atoms with E-state index in [-0.39, 0.29) is 5.91 Å². The molecule has 0 unspecified atom stereocenters. The highest BCUT2D eigenvalue weighted by Crippen LogP contribution is 2.44. The second kappa shape index (κ2) is 7.00. The average molecular weight is 399 g/mol. The average Bonchev–Trinajstić information content (AvgIpc) is 3.35. The van der Waals surface area contributed by atoms with Crippen LogP contribution in [0.15, 0.2) is 17.5 Å². The first kappa shape index (κ1) is 17.3. The Morgan fingerprint density at radius 2 is 2.04 bits per heavy atom. The summed E-state index contributed by atoms with van der Waals surface area (Å²) in [6, 6.07) is 4.21. The minimum atomic E-state index is 0.101. The first-order valence-electron chi connectivity index (χ1n) is 9.60. The molecule has 1 aliphatic heterocycles. The number of aryl methyl sites for hydroxylation is 3. The molecule has 0 spiro atoms. The molecular weight excluding hydrogens is 376 g/mol. The monoisotopic (exact) mass is 398 g/mol. The van der Waals surface area contributed by atoms with E-state index in [0.717, 1.165) is 34.5 Å². The molecule has 0 atom stereocenters. The first-order valence-corrected chi connectivity index (χ1v) is 11.3. The van der Waals surface area contributed by atoms with Gasteiger partial charge in [0.2, 0.25) is 0 Å². The number of fused-ring (bicyclic) bond motifs is 3. The highest BCUT2D eigenvalue weighted by atomic mass is 32.1. The molecule has 1 saturated heterocycles. The fourth-order valence-electron chi connectivity index (χ4n) is 4.26. The van der Waals surface area contributed by atoms with Gasteiger partial charge in [-0.15, -0.1) is 22.7 Å². The van der Waals surface area contributed by atoms with Gasteiger partial charge in [-0.05, 0) is 49.6 Å². The number of carbonyl (C=O) groups excluding carboxylic acids is 1. The predicted octanol–water partition coefficient (Wildman–Crippen LogP) is 4.68. The van der Waals surface area contributed by atoms with Crippen molar-refractivity contribution in [3.8, 4) is 10.4 Å². The van der Waals surface area contributed by atoms with Crippen LogP contribution < -0.4 is 0 Å². The van der Waals surface area contributed by atoms with Crippen molar-refractivity contribution in [3.05, 3.63) is 39.2 Å². The molecule has 1 fully saturated rings. The van der Waals surface area contributed by atoms with Crippen LogP contribution in [0.1, 0.15) is 39.3 Å². The van der Waals surface area contributed by atoms with Crippen LogP contribution in [0.5, 0.6) is 0 Å². The fourth-order valence-corrected chi connectivity index (χ4v) is 6.36. The minimum absolute atomic E-state index is 0.101. The number of hydrogen-bond donors (Lipinski definition) is 0. The van der Waals surface area contributed by atoms with Crippen molar-refractivity contribution in [3.63, 3.8) is 0 Å². The molecule has 27 heavy (non-hydrogen) atoms. The van der Waals surface area contributed by atoms with E-state index in [0.29, 0.717) is 26.3 Å². The van der Waals surface area contributed by atoms with Gasteiger partial charge in [-0.25, -0.2) is 4.98 Å². The molecule has 4 heterocycles. The fraction of sp³-hybridized carbons (Fsp3) is 0.429. The lowest BCUT2D eigenvalue weighted by molar-refractivity contribution is 0.0302. The highest BCUT2D eigenvalue weighted by Gasteiger charge is 2.29. The zero-order valence-corrected chi connectivity index (χ0v) is 17.0. The van der Waals surface area contributed by atoms with E-state index in [1.165, 1.54) is 33.5 Å². The van der Waals surface area contributed by atoms with Crippen LogP contribution in [-0.2, 0) is 17.6 Å². The third-order valence-electron chi connectivity index (χ3n) is 5.56. The summed E-state index contributed by atoms with van der Waals surface area (Å²) in [5.74, 6) is 0.101. The molecule has 0 N–H and O–H groups in total. The van der Waals surface area contributed by atoms with Crippen molar-refractivity contribution < 1.29 is 9.53 Å². The molecule has 4 nitrogen and oxygen atoms in total. The number of aromatic nitrogens is 1. The molecule has 0 bridgehead atoms. The number of carbonyl (C=O) groups is 1. The zero-order valence-electron chi connectivity index (χ0n) is 15.4. The Hall–Kier alpha value is -1.76. The Labute approximate surface area is 166 Å². The lowest BCUT2D eigenvalue weighted by Gasteiger charge is -2.28. The molecular formula is C21H22N2O2S2. The lowest BCUT2D eigenvalue weighted by atomic mass is 9.92. The van der Waals surface area contributed by atoms with Gasteiger partial charge in [-0.3, -0.25) is 4.79 Å². The van der Waals surface area contributed by atoms with E-state index in [1.807, 2.05) is 23.2 Å². The molecule has 3 aromatic heterocycles. The highest BCUT2D eigenvalue weighted by molar-refractivity contribution is 7.19. The molecule has 3 aromatic rings. The van der Waals surface area contributed by atoms with Gasteiger partial charge in [0.15, 0.2) is 0 Å². The maximum absolute atomic E-state index is 13.5. The molecule has 140 valence electrons. The number of amides is 1. The number of thiophene rings is 2. The van der Waals surface area contributed by atoms with E-state index < -0.39 is 0 Å². The van der Waals surface area contributed by atoms with Gasteiger partial charge >= 0.3 is 0 Å². The van der Waals surface area contributed by atoms with Crippen molar-refractivity contribution in [1.82, 2.24) is 9.88 Å². The molecule has 0 saturated carbocycles. The van der Waals surface area contributed by atoms with Crippen molar-refractivity contribution in [1.29, 1.82) is 0 Å². The molecule has 0 radical (unpaired) electrons. The second-order valence-electron chi connectivity index (χ2n) is 7.22. The summed E-state index contributed by atoms with van der Waals surface area (Å²) in [6.45, 7) is 4.53. The molecule has 1 amide bonds. The van der Waals surface area contributed by atoms with E-state index in [4.69, 9.17) is 9.72 Å². The van der Waals surface area contributed by atoms with Crippen LogP contribution in [0.4, 0.5) is 0 Å². The summed E-state index contributed by atoms with van der Waals surface area (Å²) in [7, 11) is 0. The summed E-state index contributed by atoms with van der Waals surface area (Å²) in [4.78, 5) is 24.1. The summed E-state index contributed by atoms with van der Waals surface area (Å²) in [5, 5.41) is 3.33. The van der Waals surface area contributed by atoms with Crippen molar-refractivity contribution in [2.45, 2.75) is 32.6 Å². The smallest absolute Gasteiger partial charge is 0.256 e. The Bertz CT molecular complexity index is 1000. The van der Waals surface area contributed by atoms with Gasteiger partial charge in [0, 0.05) is 33.8 Å². The van der Waals surface area contributed by atoms with E-state index in [9.17, 15) is 4.79 Å². The van der Waals surface area contributed by atoms with E-state index in [2.05, 4.69) is 17.5 Å². The van der Waals surface area contributed by atoms with Crippen molar-refractivity contribution in [2.24, 2.45) is 0 Å². The van der Waals surface area contributed by atoms with Crippen LogP contribution in [0.3, 0.4) is 0 Å². The third-order valence-corrected chi connectivity index (χ3v) is 7.64. The normalized spacial score (nSPS) is 17.3. The number of pyridine rings is 1. The summed E-state index contributed by atoms with van der Waals surface area (Å²) in [5.41, 5.74) is 4.19. The predicted molar refractivity (Wildman–Crippen MR) is 111 cm³/mol. The standard InChI is InChI=1S/C21H22N2O2S2/c1-13-17(21(24)23-8-10-25-11-9-23)19(16-7-4-12-26-16)18-14-5-2-3-6-15(14)27-20(18)22-13/h4,7,12H,2-3,5-6,8-11H2,1H3. The van der Waals surface area contributed by atoms with Gasteiger partial charge in [0.05, 0.1) is 24.5 Å². The number of rotatable bonds is 2. The SMILES string of the molecule is Cc1nc2sc3c(c2c(-c2cccs2)c1C(=O)N1CCOCC1)CCCC3. The Kier molecular flexibility index (Phi) is 4.50. The molecule has 1 aliphatic carbocycles. The van der Waals surface area contributed by atoms with Gasteiger partial charge < -0.3 is 9.64 Å². The lowest BCUT2D eigenvalue weighted by Crippen LogP contribution is -2.41. The van der Waals surface area contributed by atoms with Gasteiger partial charge in [0.25, 0.3) is 5.91 Å². The number of nitrogens with zero attached hydrogens (tertiary/aromatic N) is 2. The van der Waals surface area contributed by atoms with Crippen LogP contribution in [0, 0.1) is 6.92 Å². The van der Waals surface area contributed by atoms with Crippen molar-refractivity contribution in [2.75, 3.05) is 26.3 Å². The van der Waals surface area contributed by atoms with Crippen molar-refractivity contribution >= 4 is 38.8 Å². The van der Waals surface area contributed by atoms with Crippen LogP contribution in [-0.4, -0.2) is 42.1 Å². The largest absolute Gasteiger partial charge is 0.378 e. The maximum Gasteiger partial charge on any atom is 0.256 e.